The van der Waals surface area contributed by atoms with Crippen molar-refractivity contribution in [1.82, 2.24) is 9.97 Å². The van der Waals surface area contributed by atoms with Crippen LogP contribution in [-0.4, -0.2) is 33.1 Å². The zero-order valence-electron chi connectivity index (χ0n) is 22.1. The number of carbonyl (C=O) groups excluding carboxylic acids is 4. The number of hydrogen-bond acceptors (Lipinski definition) is 6. The van der Waals surface area contributed by atoms with Crippen LogP contribution in [0.2, 0.25) is 0 Å². The van der Waals surface area contributed by atoms with E-state index in [0.717, 1.165) is 21.5 Å². The number of fused-ring (bicyclic) bond motifs is 4. The van der Waals surface area contributed by atoms with Gasteiger partial charge in [-0.25, -0.2) is 0 Å². The highest BCUT2D eigenvalue weighted by molar-refractivity contribution is 6.46. The predicted octanol–water partition coefficient (Wildman–Crippen LogP) is 6.12. The van der Waals surface area contributed by atoms with E-state index in [1.807, 2.05) is 48.5 Å². The molecule has 0 N–H and O–H groups in total. The van der Waals surface area contributed by atoms with Gasteiger partial charge in [-0.05, 0) is 81.2 Å². The molecule has 6 heteroatoms. The third-order valence-corrected chi connectivity index (χ3v) is 8.90. The van der Waals surface area contributed by atoms with Crippen LogP contribution in [0.5, 0.6) is 0 Å². The van der Waals surface area contributed by atoms with Crippen molar-refractivity contribution < 1.29 is 19.2 Å². The standard InChI is InChI=1S/C36H20N2O4/c39-31-27-17-21-5-1-2-6-22(21)18-28(27)32(40)35(31,25-9-13-37-14-10-25)36(26-11-15-38-16-12-26)33(41)29-19-23-7-3-4-8-24(23)20-30(29)34(36)42/h1-20H. The Balaban J connectivity index is 1.53. The molecule has 0 atom stereocenters. The third-order valence-electron chi connectivity index (χ3n) is 8.90. The average molecular weight is 545 g/mol. The molecule has 2 aromatic heterocycles. The summed E-state index contributed by atoms with van der Waals surface area (Å²) in [7, 11) is 0. The Morgan fingerprint density at radius 1 is 0.381 bits per heavy atom. The topological polar surface area (TPSA) is 94.1 Å². The lowest BCUT2D eigenvalue weighted by Gasteiger charge is -2.42. The van der Waals surface area contributed by atoms with Gasteiger partial charge in [-0.3, -0.25) is 29.1 Å². The summed E-state index contributed by atoms with van der Waals surface area (Å²) in [5.41, 5.74) is -3.20. The van der Waals surface area contributed by atoms with Crippen LogP contribution in [0.15, 0.2) is 122 Å². The minimum atomic E-state index is -2.21. The van der Waals surface area contributed by atoms with E-state index >= 15 is 19.2 Å². The summed E-state index contributed by atoms with van der Waals surface area (Å²) in [5.74, 6) is -2.35. The van der Waals surface area contributed by atoms with E-state index in [4.69, 9.17) is 0 Å². The molecular weight excluding hydrogens is 524 g/mol. The molecule has 0 saturated carbocycles. The van der Waals surface area contributed by atoms with Gasteiger partial charge in [0.05, 0.1) is 0 Å². The Kier molecular flexibility index (Phi) is 4.86. The van der Waals surface area contributed by atoms with Crippen LogP contribution in [0.4, 0.5) is 0 Å². The summed E-state index contributed by atoms with van der Waals surface area (Å²) < 4.78 is 0. The van der Waals surface area contributed by atoms with Gasteiger partial charge in [0, 0.05) is 47.0 Å². The number of benzene rings is 4. The van der Waals surface area contributed by atoms with Gasteiger partial charge in [0.15, 0.2) is 23.1 Å². The molecule has 0 fully saturated rings. The van der Waals surface area contributed by atoms with Crippen molar-refractivity contribution in [1.29, 1.82) is 0 Å². The second-order valence-electron chi connectivity index (χ2n) is 10.8. The Labute approximate surface area is 239 Å². The molecule has 6 aromatic rings. The molecule has 0 amide bonds. The largest absolute Gasteiger partial charge is 0.293 e. The van der Waals surface area contributed by atoms with Crippen molar-refractivity contribution in [2.45, 2.75) is 10.8 Å². The molecule has 2 aliphatic rings. The van der Waals surface area contributed by atoms with E-state index in [-0.39, 0.29) is 33.4 Å². The predicted molar refractivity (Wildman–Crippen MR) is 157 cm³/mol. The molecule has 42 heavy (non-hydrogen) atoms. The maximum atomic E-state index is 15.1. The summed E-state index contributed by atoms with van der Waals surface area (Å²) in [4.78, 5) is 68.5. The number of carbonyl (C=O) groups is 4. The fourth-order valence-corrected chi connectivity index (χ4v) is 7.09. The van der Waals surface area contributed by atoms with Crippen molar-refractivity contribution in [3.05, 3.63) is 155 Å². The van der Waals surface area contributed by atoms with Crippen molar-refractivity contribution >= 4 is 44.7 Å². The van der Waals surface area contributed by atoms with E-state index in [1.54, 1.807) is 48.5 Å². The molecule has 0 aliphatic heterocycles. The Bertz CT molecular complexity index is 1900. The number of ketones is 4. The highest BCUT2D eigenvalue weighted by atomic mass is 16.2. The minimum Gasteiger partial charge on any atom is -0.293 e. The van der Waals surface area contributed by atoms with Crippen LogP contribution >= 0.6 is 0 Å². The number of hydrogen-bond donors (Lipinski definition) is 0. The summed E-state index contributed by atoms with van der Waals surface area (Å²) in [6.45, 7) is 0. The van der Waals surface area contributed by atoms with Gasteiger partial charge >= 0.3 is 0 Å². The van der Waals surface area contributed by atoms with Crippen molar-refractivity contribution in [3.8, 4) is 0 Å². The molecule has 0 saturated heterocycles. The Morgan fingerprint density at radius 2 is 0.643 bits per heavy atom. The normalized spacial score (nSPS) is 16.7. The Morgan fingerprint density at radius 3 is 0.905 bits per heavy atom. The molecule has 4 aromatic carbocycles. The molecule has 198 valence electrons. The Hall–Kier alpha value is -5.62. The van der Waals surface area contributed by atoms with Gasteiger partial charge in [-0.1, -0.05) is 48.5 Å². The molecular formula is C36H20N2O4. The molecule has 6 nitrogen and oxygen atoms in total. The van der Waals surface area contributed by atoms with Gasteiger partial charge in [0.1, 0.15) is 10.8 Å². The lowest BCUT2D eigenvalue weighted by molar-refractivity contribution is 0.0557. The second kappa shape index (κ2) is 8.44. The minimum absolute atomic E-state index is 0.186. The summed E-state index contributed by atoms with van der Waals surface area (Å²) >= 11 is 0. The summed E-state index contributed by atoms with van der Waals surface area (Å²) in [5, 5.41) is 3.11. The molecule has 0 spiro atoms. The highest BCUT2D eigenvalue weighted by Crippen LogP contribution is 2.58. The highest BCUT2D eigenvalue weighted by Gasteiger charge is 2.75. The lowest BCUT2D eigenvalue weighted by atomic mass is 9.52. The maximum Gasteiger partial charge on any atom is 0.183 e. The van der Waals surface area contributed by atoms with E-state index in [9.17, 15) is 0 Å². The fraction of sp³-hybridized carbons (Fsp3) is 0.0556. The second-order valence-corrected chi connectivity index (χ2v) is 10.8. The molecule has 2 heterocycles. The van der Waals surface area contributed by atoms with Crippen molar-refractivity contribution in [2.75, 3.05) is 0 Å². The first kappa shape index (κ1) is 24.2. The maximum absolute atomic E-state index is 15.1. The fourth-order valence-electron chi connectivity index (χ4n) is 7.09. The first-order valence-electron chi connectivity index (χ1n) is 13.6. The summed E-state index contributed by atoms with van der Waals surface area (Å²) in [6.07, 6.45) is 5.90. The summed E-state index contributed by atoms with van der Waals surface area (Å²) in [6, 6.07) is 27.9. The van der Waals surface area contributed by atoms with E-state index < -0.39 is 34.0 Å². The number of nitrogens with zero attached hydrogens (tertiary/aromatic N) is 2. The van der Waals surface area contributed by atoms with Gasteiger partial charge in [0.2, 0.25) is 0 Å². The quantitative estimate of drug-likeness (QED) is 0.249. The van der Waals surface area contributed by atoms with Crippen LogP contribution in [0.3, 0.4) is 0 Å². The number of pyridine rings is 2. The van der Waals surface area contributed by atoms with Gasteiger partial charge < -0.3 is 0 Å². The van der Waals surface area contributed by atoms with Crippen LogP contribution in [-0.2, 0) is 10.8 Å². The zero-order chi connectivity index (χ0) is 28.6. The number of rotatable bonds is 3. The van der Waals surface area contributed by atoms with Crippen LogP contribution in [0.1, 0.15) is 52.6 Å². The zero-order valence-corrected chi connectivity index (χ0v) is 22.1. The van der Waals surface area contributed by atoms with E-state index in [2.05, 4.69) is 9.97 Å². The van der Waals surface area contributed by atoms with E-state index in [1.165, 1.54) is 24.8 Å². The van der Waals surface area contributed by atoms with Crippen LogP contribution in [0.25, 0.3) is 21.5 Å². The monoisotopic (exact) mass is 544 g/mol. The molecule has 2 aliphatic carbocycles. The lowest BCUT2D eigenvalue weighted by Crippen LogP contribution is -2.62. The third kappa shape index (κ3) is 2.78. The molecule has 0 unspecified atom stereocenters. The molecule has 0 bridgehead atoms. The van der Waals surface area contributed by atoms with Gasteiger partial charge in [-0.2, -0.15) is 0 Å². The van der Waals surface area contributed by atoms with Crippen molar-refractivity contribution in [3.63, 3.8) is 0 Å². The molecule has 8 rings (SSSR count). The van der Waals surface area contributed by atoms with Crippen molar-refractivity contribution in [2.24, 2.45) is 0 Å². The molecule has 0 radical (unpaired) electrons. The van der Waals surface area contributed by atoms with E-state index in [0.29, 0.717) is 0 Å². The number of Topliss-reactive ketones (excluding diaryl/α,β-unsaturated/α-hetero) is 4. The first-order chi connectivity index (χ1) is 20.5. The van der Waals surface area contributed by atoms with Crippen LogP contribution < -0.4 is 0 Å². The van der Waals surface area contributed by atoms with Crippen LogP contribution in [0, 0.1) is 0 Å². The SMILES string of the molecule is O=C1c2cc3ccccc3cc2C(=O)C1(c1ccncc1)C1(c2ccncc2)C(=O)c2cc3ccccc3cc2C1=O. The number of aromatic nitrogens is 2. The first-order valence-corrected chi connectivity index (χ1v) is 13.6. The van der Waals surface area contributed by atoms with Gasteiger partial charge in [0.25, 0.3) is 0 Å². The van der Waals surface area contributed by atoms with Gasteiger partial charge in [-0.15, -0.1) is 0 Å². The smallest absolute Gasteiger partial charge is 0.183 e. The average Bonchev–Trinajstić information content (AvgIpc) is 3.39.